The highest BCUT2D eigenvalue weighted by atomic mass is 16.2. The van der Waals surface area contributed by atoms with Crippen molar-refractivity contribution in [3.05, 3.63) is 47.8 Å². The summed E-state index contributed by atoms with van der Waals surface area (Å²) in [5.74, 6) is 0. The molecule has 2 aromatic rings. The van der Waals surface area contributed by atoms with Gasteiger partial charge in [-0.1, -0.05) is 43.2 Å². The number of nitrogens with zero attached hydrogens (tertiary/aromatic N) is 3. The van der Waals surface area contributed by atoms with Crippen LogP contribution < -0.4 is 10.6 Å². The second kappa shape index (κ2) is 8.85. The first-order valence-electron chi connectivity index (χ1n) is 9.47. The summed E-state index contributed by atoms with van der Waals surface area (Å²) in [4.78, 5) is 14.9. The average molecular weight is 355 g/mol. The van der Waals surface area contributed by atoms with Gasteiger partial charge in [0.05, 0.1) is 17.4 Å². The van der Waals surface area contributed by atoms with E-state index in [0.717, 1.165) is 24.5 Å². The van der Waals surface area contributed by atoms with Crippen molar-refractivity contribution in [2.75, 3.05) is 25.0 Å². The van der Waals surface area contributed by atoms with Crippen molar-refractivity contribution in [3.8, 4) is 0 Å². The number of carbonyl (C=O) groups is 1. The van der Waals surface area contributed by atoms with Gasteiger partial charge in [0.2, 0.25) is 0 Å². The number of aryl methyl sites for hydroxylation is 2. The predicted molar refractivity (Wildman–Crippen MR) is 104 cm³/mol. The summed E-state index contributed by atoms with van der Waals surface area (Å²) in [7, 11) is 1.85. The summed E-state index contributed by atoms with van der Waals surface area (Å²) in [6, 6.07) is 10.5. The summed E-state index contributed by atoms with van der Waals surface area (Å²) in [5, 5.41) is 10.2. The number of hydrogen-bond donors (Lipinski definition) is 2. The number of amides is 2. The zero-order valence-corrected chi connectivity index (χ0v) is 15.7. The predicted octanol–water partition coefficient (Wildman–Crippen LogP) is 3.47. The van der Waals surface area contributed by atoms with Crippen molar-refractivity contribution in [1.82, 2.24) is 20.0 Å². The fourth-order valence-electron chi connectivity index (χ4n) is 3.62. The highest BCUT2D eigenvalue weighted by molar-refractivity contribution is 5.89. The topological polar surface area (TPSA) is 62.2 Å². The molecule has 1 fully saturated rings. The molecule has 140 valence electrons. The third kappa shape index (κ3) is 4.85. The molecule has 0 saturated carbocycles. The van der Waals surface area contributed by atoms with Crippen LogP contribution in [0.5, 0.6) is 0 Å². The van der Waals surface area contributed by atoms with Crippen LogP contribution in [-0.2, 0) is 7.05 Å². The smallest absolute Gasteiger partial charge is 0.319 e. The van der Waals surface area contributed by atoms with Gasteiger partial charge in [0.15, 0.2) is 0 Å². The van der Waals surface area contributed by atoms with Crippen LogP contribution in [0.25, 0.3) is 0 Å². The van der Waals surface area contributed by atoms with Gasteiger partial charge in [0.25, 0.3) is 0 Å². The van der Waals surface area contributed by atoms with E-state index in [9.17, 15) is 4.79 Å². The minimum atomic E-state index is -0.183. The molecule has 0 bridgehead atoms. The molecule has 26 heavy (non-hydrogen) atoms. The SMILES string of the molecule is Cc1nn(C)cc1NC(=O)NCC(c1ccccc1)N1CCCCCC1. The second-order valence-corrected chi connectivity index (χ2v) is 7.01. The fourth-order valence-corrected chi connectivity index (χ4v) is 3.62. The Morgan fingerprint density at radius 1 is 1.15 bits per heavy atom. The van der Waals surface area contributed by atoms with Crippen molar-refractivity contribution >= 4 is 11.7 Å². The van der Waals surface area contributed by atoms with Crippen LogP contribution in [0.3, 0.4) is 0 Å². The average Bonchev–Trinajstić information content (AvgIpc) is 2.82. The van der Waals surface area contributed by atoms with Gasteiger partial charge in [-0.05, 0) is 38.4 Å². The quantitative estimate of drug-likeness (QED) is 0.863. The van der Waals surface area contributed by atoms with E-state index in [-0.39, 0.29) is 12.1 Å². The summed E-state index contributed by atoms with van der Waals surface area (Å²) in [6.07, 6.45) is 6.87. The zero-order chi connectivity index (χ0) is 18.4. The molecule has 1 aliphatic heterocycles. The Balaban J connectivity index is 1.65. The number of hydrogen-bond acceptors (Lipinski definition) is 3. The minimum Gasteiger partial charge on any atom is -0.336 e. The Morgan fingerprint density at radius 2 is 1.85 bits per heavy atom. The molecule has 0 radical (unpaired) electrons. The van der Waals surface area contributed by atoms with Gasteiger partial charge < -0.3 is 10.6 Å². The van der Waals surface area contributed by atoms with E-state index in [1.54, 1.807) is 4.68 Å². The Kier molecular flexibility index (Phi) is 6.28. The Hall–Kier alpha value is -2.34. The lowest BCUT2D eigenvalue weighted by Gasteiger charge is -2.31. The lowest BCUT2D eigenvalue weighted by Crippen LogP contribution is -2.40. The Labute approximate surface area is 155 Å². The number of aromatic nitrogens is 2. The molecular formula is C20H29N5O. The largest absolute Gasteiger partial charge is 0.336 e. The number of anilines is 1. The van der Waals surface area contributed by atoms with Gasteiger partial charge in [0.1, 0.15) is 0 Å². The Bertz CT molecular complexity index is 704. The first-order chi connectivity index (χ1) is 12.6. The minimum absolute atomic E-state index is 0.183. The first-order valence-corrected chi connectivity index (χ1v) is 9.47. The number of urea groups is 1. The molecule has 1 aliphatic rings. The standard InChI is InChI=1S/C20H29N5O/c1-16-18(15-24(2)23-16)22-20(26)21-14-19(17-10-6-5-7-11-17)25-12-8-3-4-9-13-25/h5-7,10-11,15,19H,3-4,8-9,12-14H2,1-2H3,(H2,21,22,26). The third-order valence-corrected chi connectivity index (χ3v) is 4.98. The van der Waals surface area contributed by atoms with Gasteiger partial charge in [-0.2, -0.15) is 5.10 Å². The van der Waals surface area contributed by atoms with Crippen molar-refractivity contribution in [3.63, 3.8) is 0 Å². The van der Waals surface area contributed by atoms with E-state index in [2.05, 4.69) is 44.9 Å². The normalized spacial score (nSPS) is 16.7. The van der Waals surface area contributed by atoms with Crippen molar-refractivity contribution in [2.45, 2.75) is 38.6 Å². The number of nitrogens with one attached hydrogen (secondary N) is 2. The van der Waals surface area contributed by atoms with E-state index < -0.39 is 0 Å². The molecule has 2 N–H and O–H groups in total. The molecular weight excluding hydrogens is 326 g/mol. The molecule has 1 saturated heterocycles. The molecule has 3 rings (SSSR count). The maximum Gasteiger partial charge on any atom is 0.319 e. The number of rotatable bonds is 5. The van der Waals surface area contributed by atoms with Gasteiger partial charge >= 0.3 is 6.03 Å². The third-order valence-electron chi connectivity index (χ3n) is 4.98. The van der Waals surface area contributed by atoms with E-state index in [1.165, 1.54) is 31.2 Å². The second-order valence-electron chi connectivity index (χ2n) is 7.01. The van der Waals surface area contributed by atoms with Crippen LogP contribution in [0.15, 0.2) is 36.5 Å². The van der Waals surface area contributed by atoms with Gasteiger partial charge in [-0.25, -0.2) is 4.79 Å². The first kappa shape index (κ1) is 18.5. The van der Waals surface area contributed by atoms with Crippen LogP contribution in [0, 0.1) is 6.92 Å². The van der Waals surface area contributed by atoms with Crippen molar-refractivity contribution < 1.29 is 4.79 Å². The number of benzene rings is 1. The number of likely N-dealkylation sites (tertiary alicyclic amines) is 1. The van der Waals surface area contributed by atoms with E-state index in [4.69, 9.17) is 0 Å². The molecule has 6 heteroatoms. The lowest BCUT2D eigenvalue weighted by atomic mass is 10.0. The van der Waals surface area contributed by atoms with Gasteiger partial charge in [-0.15, -0.1) is 0 Å². The maximum atomic E-state index is 12.4. The van der Waals surface area contributed by atoms with E-state index in [1.807, 2.05) is 26.2 Å². The van der Waals surface area contributed by atoms with E-state index >= 15 is 0 Å². The molecule has 0 aliphatic carbocycles. The van der Waals surface area contributed by atoms with Crippen LogP contribution in [0.4, 0.5) is 10.5 Å². The molecule has 6 nitrogen and oxygen atoms in total. The molecule has 2 amide bonds. The van der Waals surface area contributed by atoms with Gasteiger partial charge in [0, 0.05) is 19.8 Å². The summed E-state index contributed by atoms with van der Waals surface area (Å²) in [6.45, 7) is 4.66. The molecule has 1 unspecified atom stereocenters. The summed E-state index contributed by atoms with van der Waals surface area (Å²) in [5.41, 5.74) is 2.82. The van der Waals surface area contributed by atoms with Crippen LogP contribution in [-0.4, -0.2) is 40.3 Å². The van der Waals surface area contributed by atoms with E-state index in [0.29, 0.717) is 6.54 Å². The molecule has 2 heterocycles. The molecule has 1 aromatic heterocycles. The monoisotopic (exact) mass is 355 g/mol. The summed E-state index contributed by atoms with van der Waals surface area (Å²) >= 11 is 0. The molecule has 0 spiro atoms. The number of carbonyl (C=O) groups excluding carboxylic acids is 1. The van der Waals surface area contributed by atoms with Crippen molar-refractivity contribution in [2.24, 2.45) is 7.05 Å². The highest BCUT2D eigenvalue weighted by Crippen LogP contribution is 2.23. The van der Waals surface area contributed by atoms with Gasteiger partial charge in [-0.3, -0.25) is 9.58 Å². The maximum absolute atomic E-state index is 12.4. The van der Waals surface area contributed by atoms with Crippen molar-refractivity contribution in [1.29, 1.82) is 0 Å². The van der Waals surface area contributed by atoms with Crippen LogP contribution >= 0.6 is 0 Å². The zero-order valence-electron chi connectivity index (χ0n) is 15.7. The van der Waals surface area contributed by atoms with Crippen LogP contribution in [0.1, 0.15) is 43.0 Å². The molecule has 1 atom stereocenters. The fraction of sp³-hybridized carbons (Fsp3) is 0.500. The molecule has 1 aromatic carbocycles. The summed E-state index contributed by atoms with van der Waals surface area (Å²) < 4.78 is 1.70. The highest BCUT2D eigenvalue weighted by Gasteiger charge is 2.22. The van der Waals surface area contributed by atoms with Crippen LogP contribution in [0.2, 0.25) is 0 Å². The lowest BCUT2D eigenvalue weighted by molar-refractivity contribution is 0.198. The Morgan fingerprint density at radius 3 is 2.46 bits per heavy atom.